The lowest BCUT2D eigenvalue weighted by atomic mass is 10.2. The molecule has 0 aliphatic heterocycles. The minimum Gasteiger partial charge on any atom is -0.264 e. The molecule has 0 bridgehead atoms. The molecule has 2 N–H and O–H groups in total. The van der Waals surface area contributed by atoms with E-state index in [9.17, 15) is 0 Å². The minimum absolute atomic E-state index is 0.483. The second-order valence-corrected chi connectivity index (χ2v) is 17.5. The molecule has 0 saturated carbocycles. The number of rotatable bonds is 6. The van der Waals surface area contributed by atoms with E-state index in [0.717, 1.165) is 0 Å². The third-order valence-electron chi connectivity index (χ3n) is 7.75. The lowest BCUT2D eigenvalue weighted by molar-refractivity contribution is 0.381. The molecule has 7 heteroatoms. The van der Waals surface area contributed by atoms with Gasteiger partial charge in [-0.15, -0.1) is 0 Å². The van der Waals surface area contributed by atoms with Gasteiger partial charge in [0.15, 0.2) is 0 Å². The van der Waals surface area contributed by atoms with E-state index in [2.05, 4.69) is 187 Å². The van der Waals surface area contributed by atoms with Crippen molar-refractivity contribution in [2.45, 2.75) is 41.5 Å². The Balaban J connectivity index is 0.000000194. The normalized spacial score (nSPS) is 11.0. The fraction of sp³-hybridized carbons (Fsp3) is 0.143. The van der Waals surface area contributed by atoms with E-state index >= 15 is 0 Å². The maximum absolute atomic E-state index is 8.74. The lowest BCUT2D eigenvalue weighted by Gasteiger charge is -2.20. The van der Waals surface area contributed by atoms with Crippen molar-refractivity contribution in [2.24, 2.45) is 0 Å². The van der Waals surface area contributed by atoms with Gasteiger partial charge in [-0.05, 0) is 89.2 Å². The van der Waals surface area contributed by atoms with Gasteiger partial charge in [0.25, 0.3) is 0 Å². The average Bonchev–Trinajstić information content (AvgIpc) is 3.06. The molecule has 0 amide bonds. The monoisotopic (exact) mass is 706 g/mol. The first-order valence-electron chi connectivity index (χ1n) is 16.0. The van der Waals surface area contributed by atoms with Crippen molar-refractivity contribution >= 4 is 58.1 Å². The molecule has 0 aliphatic carbocycles. The molecule has 0 fully saturated rings. The van der Waals surface area contributed by atoms with Crippen LogP contribution in [-0.4, -0.2) is 17.5 Å². The first-order valence-corrected chi connectivity index (χ1v) is 20.0. The van der Waals surface area contributed by atoms with Crippen LogP contribution in [-0.2, 0) is 10.4 Å². The molecule has 0 aliphatic rings. The predicted octanol–water partition coefficient (Wildman–Crippen LogP) is 8.09. The Morgan fingerprint density at radius 2 is 0.408 bits per heavy atom. The van der Waals surface area contributed by atoms with E-state index in [1.165, 1.54) is 65.2 Å². The standard InChI is InChI=1S/2C21H21P.H2O4S/c2*1-16-4-10-19(11-5-16)22(20-12-6-17(2)7-13-20)21-14-8-18(3)9-15-21;1-5(2,3)4/h2*4-15H,1-3H3;(H2,1,2,3,4). The second-order valence-electron chi connectivity index (χ2n) is 12.1. The van der Waals surface area contributed by atoms with E-state index in [0.29, 0.717) is 0 Å². The second kappa shape index (κ2) is 17.6. The van der Waals surface area contributed by atoms with Crippen LogP contribution >= 0.6 is 15.8 Å². The molecule has 0 radical (unpaired) electrons. The zero-order chi connectivity index (χ0) is 35.6. The van der Waals surface area contributed by atoms with Gasteiger partial charge in [-0.1, -0.05) is 179 Å². The molecule has 0 heterocycles. The zero-order valence-electron chi connectivity index (χ0n) is 28.9. The van der Waals surface area contributed by atoms with E-state index in [-0.39, 0.29) is 0 Å². The van der Waals surface area contributed by atoms with Gasteiger partial charge in [-0.2, -0.15) is 8.42 Å². The van der Waals surface area contributed by atoms with Crippen LogP contribution in [0.1, 0.15) is 33.4 Å². The predicted molar refractivity (Wildman–Crippen MR) is 213 cm³/mol. The Hall–Kier alpha value is -3.95. The lowest BCUT2D eigenvalue weighted by Crippen LogP contribution is -2.20. The number of aryl methyl sites for hydroxylation is 6. The molecule has 0 aromatic heterocycles. The summed E-state index contributed by atoms with van der Waals surface area (Å²) >= 11 is 0. The Bertz CT molecular complexity index is 1650. The maximum Gasteiger partial charge on any atom is 0.394 e. The molecule has 4 nitrogen and oxygen atoms in total. The molecule has 0 saturated heterocycles. The highest BCUT2D eigenvalue weighted by atomic mass is 32.3. The topological polar surface area (TPSA) is 74.6 Å². The summed E-state index contributed by atoms with van der Waals surface area (Å²) in [7, 11) is -5.63. The summed E-state index contributed by atoms with van der Waals surface area (Å²) in [4.78, 5) is 0. The Labute approximate surface area is 295 Å². The van der Waals surface area contributed by atoms with Gasteiger partial charge < -0.3 is 0 Å². The van der Waals surface area contributed by atoms with Crippen LogP contribution in [0.2, 0.25) is 0 Å². The molecule has 252 valence electrons. The van der Waals surface area contributed by atoms with Crippen LogP contribution in [0, 0.1) is 41.5 Å². The van der Waals surface area contributed by atoms with Crippen LogP contribution < -0.4 is 31.8 Å². The van der Waals surface area contributed by atoms with Gasteiger partial charge in [-0.3, -0.25) is 9.11 Å². The smallest absolute Gasteiger partial charge is 0.264 e. The SMILES string of the molecule is Cc1ccc(P(c2ccc(C)cc2)c2ccc(C)cc2)cc1.Cc1ccc(P(c2ccc(C)cc2)c2ccc(C)cc2)cc1.O=S(=O)(O)O. The van der Waals surface area contributed by atoms with Crippen molar-refractivity contribution in [2.75, 3.05) is 0 Å². The van der Waals surface area contributed by atoms with E-state index < -0.39 is 26.2 Å². The highest BCUT2D eigenvalue weighted by Crippen LogP contribution is 2.34. The molecular formula is C42H44O4P2S. The van der Waals surface area contributed by atoms with Crippen LogP contribution in [0.15, 0.2) is 146 Å². The van der Waals surface area contributed by atoms with Gasteiger partial charge >= 0.3 is 10.4 Å². The minimum atomic E-state index is -4.67. The van der Waals surface area contributed by atoms with Gasteiger partial charge in [-0.25, -0.2) is 0 Å². The Kier molecular flexibility index (Phi) is 13.6. The van der Waals surface area contributed by atoms with Crippen molar-refractivity contribution in [3.8, 4) is 0 Å². The highest BCUT2D eigenvalue weighted by molar-refractivity contribution is 7.80. The van der Waals surface area contributed by atoms with Crippen molar-refractivity contribution in [1.82, 2.24) is 0 Å². The van der Waals surface area contributed by atoms with E-state index in [1.54, 1.807) is 0 Å². The number of benzene rings is 6. The fourth-order valence-electron chi connectivity index (χ4n) is 5.06. The molecule has 6 rings (SSSR count). The number of hydrogen-bond donors (Lipinski definition) is 2. The molecule has 0 atom stereocenters. The summed E-state index contributed by atoms with van der Waals surface area (Å²) in [6.07, 6.45) is 0. The largest absolute Gasteiger partial charge is 0.394 e. The van der Waals surface area contributed by atoms with Crippen molar-refractivity contribution in [3.05, 3.63) is 179 Å². The van der Waals surface area contributed by atoms with Gasteiger partial charge in [0.2, 0.25) is 0 Å². The van der Waals surface area contributed by atoms with Gasteiger partial charge in [0, 0.05) is 0 Å². The van der Waals surface area contributed by atoms with Crippen LogP contribution in [0.25, 0.3) is 0 Å². The van der Waals surface area contributed by atoms with Crippen molar-refractivity contribution in [3.63, 3.8) is 0 Å². The first kappa shape index (κ1) is 37.9. The third kappa shape index (κ3) is 12.2. The molecule has 6 aromatic carbocycles. The summed E-state index contributed by atoms with van der Waals surface area (Å²) in [5.41, 5.74) is 7.87. The average molecular weight is 707 g/mol. The summed E-state index contributed by atoms with van der Waals surface area (Å²) in [6, 6.07) is 53.9. The first-order chi connectivity index (χ1) is 23.3. The van der Waals surface area contributed by atoms with E-state index in [4.69, 9.17) is 17.5 Å². The Morgan fingerprint density at radius 3 is 0.510 bits per heavy atom. The summed E-state index contributed by atoms with van der Waals surface area (Å²) < 4.78 is 31.6. The van der Waals surface area contributed by atoms with Gasteiger partial charge in [0.1, 0.15) is 0 Å². The molecule has 6 aromatic rings. The maximum atomic E-state index is 8.74. The Morgan fingerprint density at radius 1 is 0.306 bits per heavy atom. The molecule has 0 spiro atoms. The van der Waals surface area contributed by atoms with Crippen LogP contribution in [0.4, 0.5) is 0 Å². The summed E-state index contributed by atoms with van der Waals surface area (Å²) in [5.74, 6) is 0. The molecule has 0 unspecified atom stereocenters. The summed E-state index contributed by atoms with van der Waals surface area (Å²) in [5, 5.41) is 8.46. The third-order valence-corrected chi connectivity index (χ3v) is 12.6. The van der Waals surface area contributed by atoms with Gasteiger partial charge in [0.05, 0.1) is 0 Å². The van der Waals surface area contributed by atoms with Crippen LogP contribution in [0.5, 0.6) is 0 Å². The highest BCUT2D eigenvalue weighted by Gasteiger charge is 2.17. The number of hydrogen-bond acceptors (Lipinski definition) is 2. The molecule has 49 heavy (non-hydrogen) atoms. The quantitative estimate of drug-likeness (QED) is 0.136. The van der Waals surface area contributed by atoms with Crippen LogP contribution in [0.3, 0.4) is 0 Å². The molecular weight excluding hydrogens is 662 g/mol. The fourth-order valence-corrected chi connectivity index (χ4v) is 9.53. The summed E-state index contributed by atoms with van der Waals surface area (Å²) in [6.45, 7) is 12.9. The van der Waals surface area contributed by atoms with E-state index in [1.807, 2.05) is 0 Å². The van der Waals surface area contributed by atoms with Crippen molar-refractivity contribution in [1.29, 1.82) is 0 Å². The van der Waals surface area contributed by atoms with Crippen molar-refractivity contribution < 1.29 is 17.5 Å². The zero-order valence-corrected chi connectivity index (χ0v) is 31.5.